The number of aliphatic imine (C=N–C) groups is 1. The van der Waals surface area contributed by atoms with Gasteiger partial charge in [0.1, 0.15) is 0 Å². The van der Waals surface area contributed by atoms with Gasteiger partial charge in [-0.05, 0) is 18.2 Å². The lowest BCUT2D eigenvalue weighted by molar-refractivity contribution is -0.111. The Morgan fingerprint density at radius 2 is 2.31 bits per heavy atom. The van der Waals surface area contributed by atoms with Gasteiger partial charge in [-0.15, -0.1) is 0 Å². The second-order valence-corrected chi connectivity index (χ2v) is 3.89. The van der Waals surface area contributed by atoms with Gasteiger partial charge in [-0.3, -0.25) is 9.79 Å². The molecular formula is C11H10ClN3O. The van der Waals surface area contributed by atoms with E-state index in [-0.39, 0.29) is 0 Å². The van der Waals surface area contributed by atoms with Gasteiger partial charge in [-0.1, -0.05) is 11.6 Å². The van der Waals surface area contributed by atoms with Gasteiger partial charge >= 0.3 is 0 Å². The predicted molar refractivity (Wildman–Crippen MR) is 64.4 cm³/mol. The summed E-state index contributed by atoms with van der Waals surface area (Å²) in [7, 11) is 0. The van der Waals surface area contributed by atoms with Crippen molar-refractivity contribution in [2.45, 2.75) is 5.54 Å². The summed E-state index contributed by atoms with van der Waals surface area (Å²) in [5, 5.41) is 3.45. The molecule has 5 heteroatoms. The van der Waals surface area contributed by atoms with Crippen LogP contribution in [0.3, 0.4) is 0 Å². The topological polar surface area (TPSA) is 67.5 Å². The Hall–Kier alpha value is -1.81. The van der Waals surface area contributed by atoms with Crippen molar-refractivity contribution in [3.8, 4) is 0 Å². The number of nitrogens with two attached hydrogens (primary N) is 1. The number of aldehydes is 1. The highest BCUT2D eigenvalue weighted by molar-refractivity contribution is 6.30. The van der Waals surface area contributed by atoms with E-state index in [4.69, 9.17) is 17.3 Å². The van der Waals surface area contributed by atoms with Gasteiger partial charge in [0.2, 0.25) is 0 Å². The van der Waals surface area contributed by atoms with E-state index in [0.29, 0.717) is 16.3 Å². The van der Waals surface area contributed by atoms with Crippen LogP contribution in [0.5, 0.6) is 0 Å². The highest BCUT2D eigenvalue weighted by atomic mass is 35.5. The molecule has 2 rings (SSSR count). The van der Waals surface area contributed by atoms with Crippen LogP contribution in [-0.2, 0) is 10.3 Å². The molecule has 0 spiro atoms. The normalized spacial score (nSPS) is 22.8. The number of hydrogen-bond donors (Lipinski definition) is 2. The first-order chi connectivity index (χ1) is 7.68. The number of hydrogen-bond acceptors (Lipinski definition) is 4. The van der Waals surface area contributed by atoms with Crippen molar-refractivity contribution in [2.75, 3.05) is 5.73 Å². The van der Waals surface area contributed by atoms with E-state index >= 15 is 0 Å². The van der Waals surface area contributed by atoms with Gasteiger partial charge in [0, 0.05) is 34.9 Å². The third-order valence-electron chi connectivity index (χ3n) is 2.41. The third kappa shape index (κ3) is 1.67. The number of benzene rings is 1. The smallest absolute Gasteiger partial charge is 0.156 e. The van der Waals surface area contributed by atoms with Gasteiger partial charge in [0.15, 0.2) is 11.8 Å². The zero-order chi connectivity index (χ0) is 11.6. The van der Waals surface area contributed by atoms with Gasteiger partial charge in [-0.2, -0.15) is 0 Å². The van der Waals surface area contributed by atoms with E-state index in [1.165, 1.54) is 6.21 Å². The van der Waals surface area contributed by atoms with Crippen LogP contribution in [-0.4, -0.2) is 12.5 Å². The predicted octanol–water partition coefficient (Wildman–Crippen LogP) is 1.46. The van der Waals surface area contributed by atoms with Crippen LogP contribution < -0.4 is 11.1 Å². The molecule has 82 valence electrons. The Bertz CT molecular complexity index is 484. The van der Waals surface area contributed by atoms with Crippen molar-refractivity contribution < 1.29 is 4.79 Å². The number of nitrogens with one attached hydrogen (secondary N) is 1. The molecule has 1 heterocycles. The fourth-order valence-electron chi connectivity index (χ4n) is 1.58. The minimum absolute atomic E-state index is 0.491. The van der Waals surface area contributed by atoms with Crippen molar-refractivity contribution in [3.63, 3.8) is 0 Å². The molecule has 0 saturated carbocycles. The molecule has 1 atom stereocenters. The van der Waals surface area contributed by atoms with Crippen LogP contribution in [0.2, 0.25) is 5.02 Å². The summed E-state index contributed by atoms with van der Waals surface area (Å²) in [6.45, 7) is 0. The van der Waals surface area contributed by atoms with Gasteiger partial charge < -0.3 is 11.1 Å². The highest BCUT2D eigenvalue weighted by Gasteiger charge is 2.32. The average molecular weight is 236 g/mol. The average Bonchev–Trinajstić information content (AvgIpc) is 2.33. The summed E-state index contributed by atoms with van der Waals surface area (Å²) in [6, 6.07) is 4.99. The SMILES string of the molecule is Nc1ccc(Cl)cc1C1(C=O)C=NC=CN1. The summed E-state index contributed by atoms with van der Waals surface area (Å²) < 4.78 is 0. The van der Waals surface area contributed by atoms with E-state index in [2.05, 4.69) is 10.3 Å². The fraction of sp³-hybridized carbons (Fsp3) is 0.0909. The number of carbonyl (C=O) groups is 1. The molecule has 0 saturated heterocycles. The first kappa shape index (κ1) is 10.7. The maximum Gasteiger partial charge on any atom is 0.156 e. The van der Waals surface area contributed by atoms with Gasteiger partial charge in [-0.25, -0.2) is 0 Å². The van der Waals surface area contributed by atoms with Crippen LogP contribution in [0.25, 0.3) is 0 Å². The standard InChI is InChI=1S/C11H10ClN3O/c12-8-1-2-10(13)9(5-8)11(7-16)6-14-3-4-15-11/h1-7,15H,13H2. The molecule has 0 amide bonds. The molecule has 3 N–H and O–H groups in total. The number of nitrogen functional groups attached to an aromatic ring is 1. The number of halogens is 1. The van der Waals surface area contributed by atoms with E-state index in [1.54, 1.807) is 30.6 Å². The zero-order valence-corrected chi connectivity index (χ0v) is 9.11. The lowest BCUT2D eigenvalue weighted by Crippen LogP contribution is -2.44. The number of anilines is 1. The monoisotopic (exact) mass is 235 g/mol. The Morgan fingerprint density at radius 1 is 1.50 bits per heavy atom. The van der Waals surface area contributed by atoms with Crippen molar-refractivity contribution in [2.24, 2.45) is 4.99 Å². The van der Waals surface area contributed by atoms with Gasteiger partial charge in [0.25, 0.3) is 0 Å². The van der Waals surface area contributed by atoms with Crippen molar-refractivity contribution in [1.82, 2.24) is 5.32 Å². The molecule has 16 heavy (non-hydrogen) atoms. The number of rotatable bonds is 2. The summed E-state index contributed by atoms with van der Waals surface area (Å²) in [6.07, 6.45) is 5.40. The summed E-state index contributed by atoms with van der Waals surface area (Å²) >= 11 is 5.89. The molecule has 0 radical (unpaired) electrons. The molecule has 0 aliphatic carbocycles. The van der Waals surface area contributed by atoms with E-state index in [9.17, 15) is 4.79 Å². The largest absolute Gasteiger partial charge is 0.398 e. The van der Waals surface area contributed by atoms with Crippen molar-refractivity contribution in [1.29, 1.82) is 0 Å². The first-order valence-electron chi connectivity index (χ1n) is 4.67. The molecule has 1 aliphatic heterocycles. The lowest BCUT2D eigenvalue weighted by Gasteiger charge is -2.27. The van der Waals surface area contributed by atoms with Crippen molar-refractivity contribution in [3.05, 3.63) is 41.2 Å². The van der Waals surface area contributed by atoms with Crippen LogP contribution >= 0.6 is 11.6 Å². The molecule has 0 fully saturated rings. The second-order valence-electron chi connectivity index (χ2n) is 3.46. The minimum Gasteiger partial charge on any atom is -0.398 e. The molecule has 1 aliphatic rings. The third-order valence-corrected chi connectivity index (χ3v) is 2.64. The maximum absolute atomic E-state index is 11.3. The van der Waals surface area contributed by atoms with Crippen LogP contribution in [0.4, 0.5) is 5.69 Å². The Labute approximate surface area is 97.8 Å². The number of nitrogens with zero attached hydrogens (tertiary/aromatic N) is 1. The lowest BCUT2D eigenvalue weighted by atomic mass is 9.91. The fourth-order valence-corrected chi connectivity index (χ4v) is 1.75. The Kier molecular flexibility index (Phi) is 2.66. The molecule has 1 aromatic carbocycles. The molecule has 0 bridgehead atoms. The molecular weight excluding hydrogens is 226 g/mol. The highest BCUT2D eigenvalue weighted by Crippen LogP contribution is 2.27. The zero-order valence-electron chi connectivity index (χ0n) is 8.35. The molecule has 0 aromatic heterocycles. The summed E-state index contributed by atoms with van der Waals surface area (Å²) in [5.41, 5.74) is 5.91. The minimum atomic E-state index is -1.02. The molecule has 1 aromatic rings. The van der Waals surface area contributed by atoms with E-state index in [0.717, 1.165) is 6.29 Å². The molecule has 1 unspecified atom stereocenters. The van der Waals surface area contributed by atoms with E-state index in [1.807, 2.05) is 0 Å². The van der Waals surface area contributed by atoms with Gasteiger partial charge in [0.05, 0.1) is 0 Å². The van der Waals surface area contributed by atoms with Crippen LogP contribution in [0, 0.1) is 0 Å². The van der Waals surface area contributed by atoms with E-state index < -0.39 is 5.54 Å². The first-order valence-corrected chi connectivity index (χ1v) is 5.05. The van der Waals surface area contributed by atoms with Crippen LogP contribution in [0.15, 0.2) is 35.6 Å². The Morgan fingerprint density at radius 3 is 2.94 bits per heavy atom. The maximum atomic E-state index is 11.3. The summed E-state index contributed by atoms with van der Waals surface area (Å²) in [4.78, 5) is 15.2. The Balaban J connectivity index is 2.56. The van der Waals surface area contributed by atoms with Crippen molar-refractivity contribution >= 4 is 29.8 Å². The quantitative estimate of drug-likeness (QED) is 0.603. The second kappa shape index (κ2) is 3.98. The van der Waals surface area contributed by atoms with Crippen LogP contribution in [0.1, 0.15) is 5.56 Å². The number of carbonyl (C=O) groups excluding carboxylic acids is 1. The summed E-state index contributed by atoms with van der Waals surface area (Å²) in [5.74, 6) is 0. The molecule has 4 nitrogen and oxygen atoms in total.